The largest absolute Gasteiger partial charge is 0.476 e. The Bertz CT molecular complexity index is 1650. The average molecular weight is 644 g/mol. The fourth-order valence-corrected chi connectivity index (χ4v) is 7.07. The van der Waals surface area contributed by atoms with Gasteiger partial charge < -0.3 is 9.64 Å². The summed E-state index contributed by atoms with van der Waals surface area (Å²) in [4.78, 5) is 20.1. The molecule has 0 radical (unpaired) electrons. The number of carbonyl (C=O) groups is 1. The first-order valence-corrected chi connectivity index (χ1v) is 15.0. The molecule has 16 heteroatoms. The molecule has 0 spiro atoms. The molecular weight excluding hydrogens is 607 g/mol. The number of halogens is 3. The SMILES string of the molecule is Cc1nn(C)c(C)c1S(=O)(=O)NC(=O)c1ccc(-n2ccc(OCC3(C(F)(F)F)CC3)n2)nc1N1C[C@@H](C)CC1(C)C.S. The molecule has 1 N–H and O–H groups in total. The molecule has 1 atom stereocenters. The number of carbonyl (C=O) groups excluding carboxylic acids is 1. The Labute approximate surface area is 255 Å². The summed E-state index contributed by atoms with van der Waals surface area (Å²) in [6.45, 7) is 9.32. The lowest BCUT2D eigenvalue weighted by molar-refractivity contribution is -0.194. The van der Waals surface area contributed by atoms with Gasteiger partial charge in [0, 0.05) is 31.4 Å². The van der Waals surface area contributed by atoms with E-state index >= 15 is 0 Å². The van der Waals surface area contributed by atoms with Crippen LogP contribution in [0.4, 0.5) is 19.0 Å². The van der Waals surface area contributed by atoms with Crippen molar-refractivity contribution >= 4 is 35.2 Å². The van der Waals surface area contributed by atoms with Crippen LogP contribution in [0.1, 0.15) is 61.8 Å². The number of hydrogen-bond acceptors (Lipinski definition) is 8. The summed E-state index contributed by atoms with van der Waals surface area (Å²) in [5, 5.41) is 8.39. The van der Waals surface area contributed by atoms with Gasteiger partial charge in [0.05, 0.1) is 17.0 Å². The molecule has 43 heavy (non-hydrogen) atoms. The van der Waals surface area contributed by atoms with Crippen LogP contribution in [-0.2, 0) is 17.1 Å². The highest BCUT2D eigenvalue weighted by Gasteiger charge is 2.64. The van der Waals surface area contributed by atoms with Crippen molar-refractivity contribution in [2.45, 2.75) is 70.5 Å². The summed E-state index contributed by atoms with van der Waals surface area (Å²) < 4.78 is 76.8. The summed E-state index contributed by atoms with van der Waals surface area (Å²) in [7, 11) is -2.64. The Morgan fingerprint density at radius 1 is 1.16 bits per heavy atom. The van der Waals surface area contributed by atoms with E-state index in [-0.39, 0.29) is 65.9 Å². The van der Waals surface area contributed by atoms with Crippen molar-refractivity contribution in [2.24, 2.45) is 18.4 Å². The van der Waals surface area contributed by atoms with E-state index in [9.17, 15) is 26.4 Å². The Morgan fingerprint density at radius 2 is 1.84 bits per heavy atom. The number of rotatable bonds is 8. The molecular formula is C27H36F3N7O4S2. The highest BCUT2D eigenvalue weighted by molar-refractivity contribution is 7.90. The third kappa shape index (κ3) is 6.08. The van der Waals surface area contributed by atoms with E-state index in [1.807, 2.05) is 18.7 Å². The fourth-order valence-electron chi connectivity index (χ4n) is 5.66. The smallest absolute Gasteiger partial charge is 0.397 e. The zero-order valence-corrected chi connectivity index (χ0v) is 26.6. The number of amides is 1. The van der Waals surface area contributed by atoms with E-state index in [2.05, 4.69) is 21.8 Å². The predicted octanol–water partition coefficient (Wildman–Crippen LogP) is 4.20. The number of nitrogens with one attached hydrogen (secondary N) is 1. The van der Waals surface area contributed by atoms with Gasteiger partial charge in [0.15, 0.2) is 5.82 Å². The lowest BCUT2D eigenvalue weighted by Crippen LogP contribution is -2.41. The maximum atomic E-state index is 13.5. The molecule has 1 saturated carbocycles. The van der Waals surface area contributed by atoms with E-state index in [4.69, 9.17) is 9.72 Å². The summed E-state index contributed by atoms with van der Waals surface area (Å²) in [6, 6.07) is 4.41. The van der Waals surface area contributed by atoms with Crippen LogP contribution in [0.5, 0.6) is 5.88 Å². The molecule has 0 unspecified atom stereocenters. The van der Waals surface area contributed by atoms with Crippen LogP contribution in [-0.4, -0.2) is 63.7 Å². The van der Waals surface area contributed by atoms with E-state index in [1.54, 1.807) is 20.9 Å². The Balaban J connectivity index is 0.00000423. The first-order chi connectivity index (χ1) is 19.4. The summed E-state index contributed by atoms with van der Waals surface area (Å²) in [5.74, 6) is -0.0157. The minimum atomic E-state index is -4.34. The van der Waals surface area contributed by atoms with Gasteiger partial charge in [0.2, 0.25) is 5.88 Å². The molecule has 1 amide bonds. The number of alkyl halides is 3. The molecule has 4 heterocycles. The first kappa shape index (κ1) is 32.6. The maximum absolute atomic E-state index is 13.5. The molecule has 0 aromatic carbocycles. The maximum Gasteiger partial charge on any atom is 0.397 e. The van der Waals surface area contributed by atoms with Crippen LogP contribution in [0.25, 0.3) is 5.82 Å². The van der Waals surface area contributed by atoms with Gasteiger partial charge in [-0.25, -0.2) is 22.8 Å². The molecule has 2 fully saturated rings. The van der Waals surface area contributed by atoms with Crippen molar-refractivity contribution in [2.75, 3.05) is 18.1 Å². The Morgan fingerprint density at radius 3 is 2.37 bits per heavy atom. The zero-order chi connectivity index (χ0) is 30.8. The van der Waals surface area contributed by atoms with Crippen LogP contribution in [0, 0.1) is 25.2 Å². The summed E-state index contributed by atoms with van der Waals surface area (Å²) >= 11 is 0. The first-order valence-electron chi connectivity index (χ1n) is 13.6. The van der Waals surface area contributed by atoms with Gasteiger partial charge in [-0.2, -0.15) is 31.8 Å². The minimum absolute atomic E-state index is 0. The lowest BCUT2D eigenvalue weighted by atomic mass is 9.97. The monoisotopic (exact) mass is 643 g/mol. The van der Waals surface area contributed by atoms with Crippen LogP contribution >= 0.6 is 13.5 Å². The van der Waals surface area contributed by atoms with Crippen LogP contribution in [0.3, 0.4) is 0 Å². The molecule has 3 aromatic rings. The zero-order valence-electron chi connectivity index (χ0n) is 24.8. The molecule has 3 aromatic heterocycles. The van der Waals surface area contributed by atoms with Gasteiger partial charge in [-0.15, -0.1) is 5.10 Å². The van der Waals surface area contributed by atoms with E-state index in [1.165, 1.54) is 33.8 Å². The highest BCUT2D eigenvalue weighted by atomic mass is 32.2. The summed E-state index contributed by atoms with van der Waals surface area (Å²) in [6.07, 6.45) is -1.99. The Kier molecular flexibility index (Phi) is 8.37. The molecule has 1 aliphatic heterocycles. The van der Waals surface area contributed by atoms with Crippen molar-refractivity contribution in [3.8, 4) is 11.7 Å². The van der Waals surface area contributed by atoms with E-state index in [0.717, 1.165) is 6.42 Å². The van der Waals surface area contributed by atoms with Gasteiger partial charge in [-0.3, -0.25) is 9.48 Å². The third-order valence-electron chi connectivity index (χ3n) is 8.12. The molecule has 11 nitrogen and oxygen atoms in total. The third-order valence-corrected chi connectivity index (χ3v) is 9.71. The number of anilines is 1. The van der Waals surface area contributed by atoms with Gasteiger partial charge >= 0.3 is 6.18 Å². The van der Waals surface area contributed by atoms with Gasteiger partial charge in [0.25, 0.3) is 15.9 Å². The molecule has 1 aliphatic carbocycles. The predicted molar refractivity (Wildman–Crippen MR) is 157 cm³/mol. The second-order valence-electron chi connectivity index (χ2n) is 12.0. The number of sulfonamides is 1. The molecule has 2 aliphatic rings. The number of aromatic nitrogens is 5. The van der Waals surface area contributed by atoms with Crippen molar-refractivity contribution in [1.82, 2.24) is 29.3 Å². The lowest BCUT2D eigenvalue weighted by Gasteiger charge is -2.34. The molecule has 236 valence electrons. The normalized spacial score (nSPS) is 19.2. The minimum Gasteiger partial charge on any atom is -0.476 e. The van der Waals surface area contributed by atoms with Crippen molar-refractivity contribution < 1.29 is 31.1 Å². The number of pyridine rings is 1. The number of ether oxygens (including phenoxy) is 1. The topological polar surface area (TPSA) is 124 Å². The van der Waals surface area contributed by atoms with Crippen molar-refractivity contribution in [1.29, 1.82) is 0 Å². The second kappa shape index (κ2) is 11.0. The molecule has 0 bridgehead atoms. The standard InChI is InChI=1S/C27H34F3N7O4S.H2S/c1-16-13-25(4,5)36(14-16)23-19(24(38)34-42(39,40)22-17(2)32-35(6)18(22)3)7-8-20(31-23)37-12-9-21(33-37)41-15-26(10-11-26)27(28,29)30;/h7-9,12,16H,10-11,13-15H2,1-6H3,(H,34,38);1H2/t16-;/m0./s1. The van der Waals surface area contributed by atoms with Gasteiger partial charge in [-0.05, 0) is 65.0 Å². The highest BCUT2D eigenvalue weighted by Crippen LogP contribution is 2.57. The van der Waals surface area contributed by atoms with Gasteiger partial charge in [-0.1, -0.05) is 6.92 Å². The van der Waals surface area contributed by atoms with Crippen molar-refractivity contribution in [3.05, 3.63) is 41.3 Å². The second-order valence-corrected chi connectivity index (χ2v) is 13.6. The van der Waals surface area contributed by atoms with Crippen LogP contribution in [0.2, 0.25) is 0 Å². The Hall–Kier alpha value is -3.27. The van der Waals surface area contributed by atoms with E-state index in [0.29, 0.717) is 12.2 Å². The van der Waals surface area contributed by atoms with Crippen LogP contribution < -0.4 is 14.4 Å². The van der Waals surface area contributed by atoms with Crippen LogP contribution in [0.15, 0.2) is 29.3 Å². The number of nitrogens with zero attached hydrogens (tertiary/aromatic N) is 6. The van der Waals surface area contributed by atoms with Crippen molar-refractivity contribution in [3.63, 3.8) is 0 Å². The number of aryl methyl sites for hydroxylation is 2. The fraction of sp³-hybridized carbons (Fsp3) is 0.556. The van der Waals surface area contributed by atoms with E-state index < -0.39 is 39.7 Å². The quantitative estimate of drug-likeness (QED) is 0.388. The van der Waals surface area contributed by atoms with Gasteiger partial charge in [0.1, 0.15) is 22.7 Å². The average Bonchev–Trinajstić information content (AvgIpc) is 3.33. The summed E-state index contributed by atoms with van der Waals surface area (Å²) in [5.41, 5.74) is -1.53. The number of hydrogen-bond donors (Lipinski definition) is 1. The molecule has 5 rings (SSSR count). The molecule has 1 saturated heterocycles.